The van der Waals surface area contributed by atoms with Crippen LogP contribution in [0.3, 0.4) is 0 Å². The van der Waals surface area contributed by atoms with Crippen molar-refractivity contribution in [3.8, 4) is 11.1 Å². The Morgan fingerprint density at radius 2 is 1.02 bits per heavy atom. The molecule has 0 bridgehead atoms. The van der Waals surface area contributed by atoms with Gasteiger partial charge in [0.1, 0.15) is 60.4 Å². The molecule has 0 aromatic heterocycles. The molecule has 1 fully saturated rings. The first kappa shape index (κ1) is 77.2. The largest absolute Gasteiger partial charge is 0.394 e. The lowest BCUT2D eigenvalue weighted by atomic mass is 9.94. The van der Waals surface area contributed by atoms with Crippen molar-refractivity contribution >= 4 is 70.9 Å². The Bertz CT molecular complexity index is 2780. The number of benzene rings is 2. The van der Waals surface area contributed by atoms with Gasteiger partial charge in [-0.3, -0.25) is 57.5 Å². The minimum atomic E-state index is -1.79. The van der Waals surface area contributed by atoms with Crippen LogP contribution in [0.2, 0.25) is 0 Å². The van der Waals surface area contributed by atoms with Crippen LogP contribution < -0.4 is 75.7 Å². The Morgan fingerprint density at radius 1 is 0.538 bits per heavy atom. The molecule has 1 aliphatic rings. The molecule has 1 aliphatic heterocycles. The Kier molecular flexibility index (Phi) is 32.7. The van der Waals surface area contributed by atoms with E-state index in [0.29, 0.717) is 32.2 Å². The van der Waals surface area contributed by atoms with Gasteiger partial charge in [0, 0.05) is 6.42 Å². The molecule has 0 saturated carbocycles. The molecule has 0 aliphatic carbocycles. The number of hydrogen-bond acceptors (Lipinski definition) is 16. The van der Waals surface area contributed by atoms with Crippen molar-refractivity contribution in [1.82, 2.24) is 58.5 Å². The molecule has 28 heteroatoms. The molecule has 19 N–H and O–H groups in total. The normalized spacial score (nSPS) is 20.8. The molecular formula is C63H100N14O14. The summed E-state index contributed by atoms with van der Waals surface area (Å²) in [6.07, 6.45) is 1.82. The molecular weight excluding hydrogens is 1180 g/mol. The van der Waals surface area contributed by atoms with Gasteiger partial charge in [0.2, 0.25) is 70.9 Å². The average molecular weight is 1280 g/mol. The van der Waals surface area contributed by atoms with Crippen LogP contribution in [0.5, 0.6) is 0 Å². The van der Waals surface area contributed by atoms with Crippen LogP contribution in [0.1, 0.15) is 133 Å². The topological polar surface area (TPSA) is 456 Å². The first-order chi connectivity index (χ1) is 43.1. The van der Waals surface area contributed by atoms with Crippen LogP contribution in [-0.4, -0.2) is 173 Å². The molecule has 1 saturated heterocycles. The fraction of sp³-hybridized carbons (Fsp3) is 0.619. The second kappa shape index (κ2) is 38.6. The molecule has 2 aromatic carbocycles. The summed E-state index contributed by atoms with van der Waals surface area (Å²) in [4.78, 5) is 166. The van der Waals surface area contributed by atoms with E-state index >= 15 is 0 Å². The highest BCUT2D eigenvalue weighted by Gasteiger charge is 2.40. The number of aliphatic hydroxyl groups is 2. The van der Waals surface area contributed by atoms with E-state index in [-0.39, 0.29) is 25.7 Å². The van der Waals surface area contributed by atoms with Crippen LogP contribution in [0.4, 0.5) is 0 Å². The average Bonchev–Trinajstić information content (AvgIpc) is 2.26. The third-order valence-electron chi connectivity index (χ3n) is 16.8. The lowest BCUT2D eigenvalue weighted by Crippen LogP contribution is -2.64. The highest BCUT2D eigenvalue weighted by molar-refractivity contribution is 6.00. The summed E-state index contributed by atoms with van der Waals surface area (Å²) in [5, 5.41) is 49.3. The molecule has 12 amide bonds. The van der Waals surface area contributed by atoms with Crippen LogP contribution >= 0.6 is 0 Å². The van der Waals surface area contributed by atoms with Gasteiger partial charge in [0.05, 0.1) is 25.3 Å². The number of rotatable bonds is 34. The molecule has 506 valence electrons. The summed E-state index contributed by atoms with van der Waals surface area (Å²) in [6.45, 7) is 14.7. The monoisotopic (exact) mass is 1280 g/mol. The van der Waals surface area contributed by atoms with Crippen molar-refractivity contribution in [1.29, 1.82) is 0 Å². The van der Waals surface area contributed by atoms with E-state index in [9.17, 15) is 67.7 Å². The Balaban J connectivity index is 1.82. The lowest BCUT2D eigenvalue weighted by Gasteiger charge is -2.32. The third-order valence-corrected chi connectivity index (χ3v) is 16.8. The SMILES string of the molecule is CC[C@@H](C)[C@@H](NC(=O)[C@@H](CCC(N)=O)NC(=O)[C@H](CO)NC(=O)[C@@H](NC(=O)[C@H](N)Cc1ccc(-c2ccccc2)cc1)[C@@H](C)CC)C(=O)N[C@H](C(=O)N[C@@H](CO)C(=O)N[C@H]1C(=O)N[C@@H](C)C(=O)N[C@@H](CCCCN)C(=O)N[C@@H]([C@@H](C)CC)C(=O)N[C@H]1C)[C@@H](C)CC. The summed E-state index contributed by atoms with van der Waals surface area (Å²) in [5.41, 5.74) is 20.2. The molecule has 28 nitrogen and oxygen atoms in total. The van der Waals surface area contributed by atoms with Crippen LogP contribution in [0.25, 0.3) is 11.1 Å². The van der Waals surface area contributed by atoms with E-state index in [1.54, 1.807) is 55.4 Å². The minimum Gasteiger partial charge on any atom is -0.394 e. The van der Waals surface area contributed by atoms with Gasteiger partial charge in [-0.25, -0.2) is 0 Å². The van der Waals surface area contributed by atoms with E-state index < -0.39 is 193 Å². The van der Waals surface area contributed by atoms with E-state index in [1.165, 1.54) is 13.8 Å². The number of unbranched alkanes of at least 4 members (excludes halogenated alkanes) is 1. The Labute approximate surface area is 533 Å². The molecule has 0 unspecified atom stereocenters. The maximum atomic E-state index is 14.4. The standard InChI is InChI=1S/C63H100N14O14/c1-11-33(5)48-59(87)67-37(9)52(63(91)68-38(10)53(81)69-43(55(83)74-48)22-18-19-29-64)77-58(86)46(32-79)72-61(89)50(35(7)13-3)76-62(90)51(36(8)14-4)75-56(84)44(27-28-47(66)80)70-57(85)45(31-78)71-60(88)49(34(6)12-2)73-54(82)42(65)30-39-23-25-41(26-24-39)40-20-16-15-17-21-40/h15-17,20-21,23-26,33-38,42-46,48-52,78-79H,11-14,18-19,22,27-32,64-65H2,1-10H3,(H2,66,80)(H,67,87)(H,68,91)(H,69,81)(H,70,85)(H,71,88)(H,72,89)(H,73,82)(H,74,83)(H,75,84)(H,76,90)(H,77,86)/t33-,34-,35-,36+,37-,38-,42+,43-,44+,45-,46-,48-,49-,50-,51+,52+/m0/s1. The number of carbonyl (C=O) groups excluding carboxylic acids is 12. The Hall–Kier alpha value is -8.08. The van der Waals surface area contributed by atoms with Gasteiger partial charge in [-0.05, 0) is 92.9 Å². The first-order valence-corrected chi connectivity index (χ1v) is 31.5. The minimum absolute atomic E-state index is 0.132. The van der Waals surface area contributed by atoms with Crippen molar-refractivity contribution < 1.29 is 67.7 Å². The van der Waals surface area contributed by atoms with Gasteiger partial charge in [-0.15, -0.1) is 0 Å². The summed E-state index contributed by atoms with van der Waals surface area (Å²) in [6, 6.07) is 0.532. The predicted molar refractivity (Wildman–Crippen MR) is 339 cm³/mol. The molecule has 0 radical (unpaired) electrons. The fourth-order valence-corrected chi connectivity index (χ4v) is 9.86. The molecule has 16 atom stereocenters. The highest BCUT2D eigenvalue weighted by atomic mass is 16.3. The van der Waals surface area contributed by atoms with Crippen molar-refractivity contribution in [2.45, 2.75) is 206 Å². The lowest BCUT2D eigenvalue weighted by molar-refractivity contribution is -0.138. The molecule has 3 rings (SSSR count). The fourth-order valence-electron chi connectivity index (χ4n) is 9.86. The van der Waals surface area contributed by atoms with Crippen LogP contribution in [-0.2, 0) is 64.0 Å². The second-order valence-electron chi connectivity index (χ2n) is 23.8. The van der Waals surface area contributed by atoms with E-state index in [0.717, 1.165) is 16.7 Å². The third kappa shape index (κ3) is 23.9. The second-order valence-corrected chi connectivity index (χ2v) is 23.8. The van der Waals surface area contributed by atoms with Gasteiger partial charge in [-0.1, -0.05) is 136 Å². The maximum absolute atomic E-state index is 14.4. The highest BCUT2D eigenvalue weighted by Crippen LogP contribution is 2.21. The van der Waals surface area contributed by atoms with Crippen LogP contribution in [0.15, 0.2) is 54.6 Å². The summed E-state index contributed by atoms with van der Waals surface area (Å²) in [5.74, 6) is -12.7. The van der Waals surface area contributed by atoms with Gasteiger partial charge in [0.25, 0.3) is 0 Å². The number of nitrogens with one attached hydrogen (secondary N) is 11. The number of amides is 12. The first-order valence-electron chi connectivity index (χ1n) is 31.5. The van der Waals surface area contributed by atoms with Crippen LogP contribution in [0, 0.1) is 23.7 Å². The van der Waals surface area contributed by atoms with Gasteiger partial charge >= 0.3 is 0 Å². The van der Waals surface area contributed by atoms with Gasteiger partial charge in [0.15, 0.2) is 0 Å². The van der Waals surface area contributed by atoms with Crippen molar-refractivity contribution in [3.05, 3.63) is 60.2 Å². The van der Waals surface area contributed by atoms with Gasteiger partial charge in [-0.2, -0.15) is 0 Å². The predicted octanol–water partition coefficient (Wildman–Crippen LogP) is -1.83. The summed E-state index contributed by atoms with van der Waals surface area (Å²) < 4.78 is 0. The summed E-state index contributed by atoms with van der Waals surface area (Å²) in [7, 11) is 0. The molecule has 2 aromatic rings. The van der Waals surface area contributed by atoms with Crippen molar-refractivity contribution in [2.75, 3.05) is 19.8 Å². The maximum Gasteiger partial charge on any atom is 0.245 e. The smallest absolute Gasteiger partial charge is 0.245 e. The molecule has 0 spiro atoms. The quantitative estimate of drug-likeness (QED) is 0.0343. The number of primary amides is 1. The zero-order valence-corrected chi connectivity index (χ0v) is 54.2. The zero-order valence-electron chi connectivity index (χ0n) is 54.2. The molecule has 91 heavy (non-hydrogen) atoms. The van der Waals surface area contributed by atoms with Crippen molar-refractivity contribution in [3.63, 3.8) is 0 Å². The van der Waals surface area contributed by atoms with E-state index in [2.05, 4.69) is 58.5 Å². The van der Waals surface area contributed by atoms with E-state index in [1.807, 2.05) is 54.6 Å². The Morgan fingerprint density at radius 3 is 1.53 bits per heavy atom. The number of nitrogens with two attached hydrogens (primary N) is 3. The molecule has 1 heterocycles. The summed E-state index contributed by atoms with van der Waals surface area (Å²) >= 11 is 0. The van der Waals surface area contributed by atoms with Gasteiger partial charge < -0.3 is 85.9 Å². The van der Waals surface area contributed by atoms with E-state index in [4.69, 9.17) is 17.2 Å². The van der Waals surface area contributed by atoms with Crippen molar-refractivity contribution in [2.24, 2.45) is 40.9 Å². The number of carbonyl (C=O) groups is 12. The zero-order chi connectivity index (χ0) is 68.2. The number of hydrogen-bond donors (Lipinski definition) is 16. The number of aliphatic hydroxyl groups excluding tert-OH is 2.